The molecule has 0 radical (unpaired) electrons. The molecule has 0 unspecified atom stereocenters. The van der Waals surface area contributed by atoms with Gasteiger partial charge in [0.1, 0.15) is 12.4 Å². The Kier molecular flexibility index (Phi) is 5.08. The molecule has 0 aromatic rings. The molecule has 0 aliphatic heterocycles. The van der Waals surface area contributed by atoms with E-state index in [0.717, 1.165) is 0 Å². The first kappa shape index (κ1) is 10.9. The van der Waals surface area contributed by atoms with Gasteiger partial charge in [0.2, 0.25) is 0 Å². The third-order valence-electron chi connectivity index (χ3n) is 1.44. The summed E-state index contributed by atoms with van der Waals surface area (Å²) in [6, 6.07) is 0. The Morgan fingerprint density at radius 3 is 2.33 bits per heavy atom. The standard InChI is InChI=1S/C8H14FNO2/c1-3-6(9)7(4-2)10-5-8(11)12/h10H,3-5H2,1-2H3,(H,11,12)/b7-6-. The summed E-state index contributed by atoms with van der Waals surface area (Å²) in [5.41, 5.74) is 0.389. The van der Waals surface area contributed by atoms with E-state index in [-0.39, 0.29) is 12.4 Å². The van der Waals surface area contributed by atoms with Gasteiger partial charge in [-0.25, -0.2) is 4.39 Å². The van der Waals surface area contributed by atoms with Crippen molar-refractivity contribution in [2.45, 2.75) is 26.7 Å². The molecule has 70 valence electrons. The fraction of sp³-hybridized carbons (Fsp3) is 0.625. The summed E-state index contributed by atoms with van der Waals surface area (Å²) in [5.74, 6) is -1.25. The van der Waals surface area contributed by atoms with E-state index >= 15 is 0 Å². The summed E-state index contributed by atoms with van der Waals surface area (Å²) < 4.78 is 12.9. The first-order valence-electron chi connectivity index (χ1n) is 3.95. The molecule has 0 amide bonds. The number of carboxylic acids is 1. The summed E-state index contributed by atoms with van der Waals surface area (Å²) >= 11 is 0. The van der Waals surface area contributed by atoms with Gasteiger partial charge in [-0.05, 0) is 12.8 Å². The number of rotatable bonds is 5. The lowest BCUT2D eigenvalue weighted by Crippen LogP contribution is -2.22. The number of nitrogens with one attached hydrogen (secondary N) is 1. The van der Waals surface area contributed by atoms with Crippen LogP contribution in [-0.2, 0) is 4.79 Å². The zero-order valence-corrected chi connectivity index (χ0v) is 7.35. The van der Waals surface area contributed by atoms with Crippen LogP contribution in [0.25, 0.3) is 0 Å². The smallest absolute Gasteiger partial charge is 0.322 e. The number of carboxylic acid groups (broad SMARTS) is 1. The van der Waals surface area contributed by atoms with Gasteiger partial charge in [0.25, 0.3) is 0 Å². The number of carbonyl (C=O) groups is 1. The number of aliphatic carboxylic acids is 1. The van der Waals surface area contributed by atoms with Gasteiger partial charge < -0.3 is 10.4 Å². The molecule has 0 aliphatic carbocycles. The molecule has 0 saturated carbocycles. The molecule has 12 heavy (non-hydrogen) atoms. The minimum atomic E-state index is -0.982. The van der Waals surface area contributed by atoms with Gasteiger partial charge in [-0.2, -0.15) is 0 Å². The first-order valence-corrected chi connectivity index (χ1v) is 3.95. The largest absolute Gasteiger partial charge is 0.480 e. The van der Waals surface area contributed by atoms with Crippen LogP contribution in [-0.4, -0.2) is 17.6 Å². The van der Waals surface area contributed by atoms with Gasteiger partial charge in [-0.1, -0.05) is 13.8 Å². The predicted molar refractivity (Wildman–Crippen MR) is 44.4 cm³/mol. The second kappa shape index (κ2) is 5.57. The minimum Gasteiger partial charge on any atom is -0.480 e. The molecule has 0 saturated heterocycles. The highest BCUT2D eigenvalue weighted by atomic mass is 19.1. The van der Waals surface area contributed by atoms with Crippen LogP contribution >= 0.6 is 0 Å². The fourth-order valence-corrected chi connectivity index (χ4v) is 0.808. The molecule has 0 aliphatic rings. The van der Waals surface area contributed by atoms with Crippen molar-refractivity contribution in [2.75, 3.05) is 6.54 Å². The average molecular weight is 175 g/mol. The van der Waals surface area contributed by atoms with Crippen LogP contribution in [0.3, 0.4) is 0 Å². The second-order valence-electron chi connectivity index (χ2n) is 2.34. The molecule has 0 bridgehead atoms. The maximum Gasteiger partial charge on any atom is 0.322 e. The van der Waals surface area contributed by atoms with Gasteiger partial charge >= 0.3 is 5.97 Å². The van der Waals surface area contributed by atoms with E-state index in [1.807, 2.05) is 0 Å². The van der Waals surface area contributed by atoms with Crippen LogP contribution in [0.4, 0.5) is 4.39 Å². The van der Waals surface area contributed by atoms with E-state index in [4.69, 9.17) is 5.11 Å². The molecule has 0 rings (SSSR count). The molecule has 2 N–H and O–H groups in total. The summed E-state index contributed by atoms with van der Waals surface area (Å²) in [6.07, 6.45) is 0.794. The van der Waals surface area contributed by atoms with E-state index < -0.39 is 5.97 Å². The predicted octanol–water partition coefficient (Wildman–Crippen LogP) is 1.66. The normalized spacial score (nSPS) is 12.2. The Hall–Kier alpha value is -1.06. The fourth-order valence-electron chi connectivity index (χ4n) is 0.808. The van der Waals surface area contributed by atoms with Crippen molar-refractivity contribution in [3.8, 4) is 0 Å². The maximum absolute atomic E-state index is 12.9. The molecule has 0 atom stereocenters. The van der Waals surface area contributed by atoms with Gasteiger partial charge in [-0.15, -0.1) is 0 Å². The van der Waals surface area contributed by atoms with Crippen LogP contribution < -0.4 is 5.32 Å². The van der Waals surface area contributed by atoms with E-state index in [1.54, 1.807) is 13.8 Å². The summed E-state index contributed by atoms with van der Waals surface area (Å²) in [7, 11) is 0. The third kappa shape index (κ3) is 3.95. The quantitative estimate of drug-likeness (QED) is 0.668. The number of allylic oxidation sites excluding steroid dienone is 2. The monoisotopic (exact) mass is 175 g/mol. The average Bonchev–Trinajstić information content (AvgIpc) is 2.04. The highest BCUT2D eigenvalue weighted by molar-refractivity contribution is 5.69. The number of hydrogen-bond donors (Lipinski definition) is 2. The van der Waals surface area contributed by atoms with Crippen LogP contribution in [0.2, 0.25) is 0 Å². The van der Waals surface area contributed by atoms with E-state index in [9.17, 15) is 9.18 Å². The first-order chi connectivity index (χ1) is 5.61. The minimum absolute atomic E-state index is 0.226. The van der Waals surface area contributed by atoms with Crippen LogP contribution in [0.15, 0.2) is 11.5 Å². The van der Waals surface area contributed by atoms with Crippen LogP contribution in [0.1, 0.15) is 26.7 Å². The third-order valence-corrected chi connectivity index (χ3v) is 1.44. The SMILES string of the molecule is CC/C(F)=C(\CC)NCC(=O)O. The molecule has 0 fully saturated rings. The zero-order valence-electron chi connectivity index (χ0n) is 7.35. The highest BCUT2D eigenvalue weighted by Gasteiger charge is 2.03. The van der Waals surface area contributed by atoms with Crippen molar-refractivity contribution < 1.29 is 14.3 Å². The van der Waals surface area contributed by atoms with Crippen molar-refractivity contribution in [3.05, 3.63) is 11.5 Å². The topological polar surface area (TPSA) is 49.3 Å². The van der Waals surface area contributed by atoms with Gasteiger partial charge in [-0.3, -0.25) is 4.79 Å². The second-order valence-corrected chi connectivity index (χ2v) is 2.34. The Labute approximate surface area is 71.3 Å². The Morgan fingerprint density at radius 2 is 2.00 bits per heavy atom. The Morgan fingerprint density at radius 1 is 1.42 bits per heavy atom. The molecule has 0 aromatic carbocycles. The van der Waals surface area contributed by atoms with Crippen LogP contribution in [0, 0.1) is 0 Å². The zero-order chi connectivity index (χ0) is 9.56. The molecule has 0 heterocycles. The Bertz CT molecular complexity index is 189. The van der Waals surface area contributed by atoms with Gasteiger partial charge in [0.15, 0.2) is 0 Å². The molecule has 0 spiro atoms. The Balaban J connectivity index is 4.08. The van der Waals surface area contributed by atoms with E-state index in [1.165, 1.54) is 0 Å². The molecular weight excluding hydrogens is 161 g/mol. The lowest BCUT2D eigenvalue weighted by atomic mass is 10.2. The van der Waals surface area contributed by atoms with Crippen molar-refractivity contribution in [1.82, 2.24) is 5.32 Å². The van der Waals surface area contributed by atoms with Crippen molar-refractivity contribution in [2.24, 2.45) is 0 Å². The molecular formula is C8H14FNO2. The van der Waals surface area contributed by atoms with Gasteiger partial charge in [0.05, 0.1) is 0 Å². The molecule has 4 heteroatoms. The lowest BCUT2D eigenvalue weighted by Gasteiger charge is -2.07. The summed E-state index contributed by atoms with van der Waals surface area (Å²) in [4.78, 5) is 10.1. The van der Waals surface area contributed by atoms with E-state index in [2.05, 4.69) is 5.32 Å². The summed E-state index contributed by atoms with van der Waals surface area (Å²) in [5, 5.41) is 10.8. The maximum atomic E-state index is 12.9. The van der Waals surface area contributed by atoms with E-state index in [0.29, 0.717) is 18.5 Å². The van der Waals surface area contributed by atoms with Gasteiger partial charge in [0, 0.05) is 5.70 Å². The number of hydrogen-bond acceptors (Lipinski definition) is 2. The van der Waals surface area contributed by atoms with Crippen molar-refractivity contribution in [1.29, 1.82) is 0 Å². The molecule has 3 nitrogen and oxygen atoms in total. The highest BCUT2D eigenvalue weighted by Crippen LogP contribution is 2.09. The van der Waals surface area contributed by atoms with Crippen LogP contribution in [0.5, 0.6) is 0 Å². The lowest BCUT2D eigenvalue weighted by molar-refractivity contribution is -0.135. The number of halogens is 1. The van der Waals surface area contributed by atoms with Crippen molar-refractivity contribution in [3.63, 3.8) is 0 Å². The molecule has 0 aromatic heterocycles. The van der Waals surface area contributed by atoms with Crippen molar-refractivity contribution >= 4 is 5.97 Å². The summed E-state index contributed by atoms with van der Waals surface area (Å²) in [6.45, 7) is 3.24.